The van der Waals surface area contributed by atoms with E-state index in [4.69, 9.17) is 4.52 Å². The van der Waals surface area contributed by atoms with Crippen molar-refractivity contribution in [2.45, 2.75) is 62.7 Å². The van der Waals surface area contributed by atoms with Crippen molar-refractivity contribution in [3.05, 3.63) is 47.3 Å². The van der Waals surface area contributed by atoms with Crippen molar-refractivity contribution in [2.24, 2.45) is 5.92 Å². The average molecular weight is 446 g/mol. The van der Waals surface area contributed by atoms with E-state index in [1.54, 1.807) is 13.8 Å². The molecular weight excluding hydrogens is 414 g/mol. The highest BCUT2D eigenvalue weighted by atomic mass is 32.2. The normalized spacial score (nSPS) is 21.8. The number of piperidine rings is 1. The topological polar surface area (TPSA) is 92.5 Å². The van der Waals surface area contributed by atoms with E-state index in [0.717, 1.165) is 25.7 Å². The van der Waals surface area contributed by atoms with Gasteiger partial charge >= 0.3 is 0 Å². The highest BCUT2D eigenvalue weighted by Crippen LogP contribution is 2.40. The predicted molar refractivity (Wildman–Crippen MR) is 117 cm³/mol. The molecule has 1 saturated heterocycles. The maximum Gasteiger partial charge on any atom is 0.248 e. The summed E-state index contributed by atoms with van der Waals surface area (Å²) in [5.41, 5.74) is 1.61. The van der Waals surface area contributed by atoms with Gasteiger partial charge < -0.3 is 9.84 Å². The summed E-state index contributed by atoms with van der Waals surface area (Å²) < 4.78 is 32.8. The zero-order valence-electron chi connectivity index (χ0n) is 18.3. The number of aromatic nitrogens is 1. The molecule has 0 bridgehead atoms. The highest BCUT2D eigenvalue weighted by molar-refractivity contribution is 7.89. The van der Waals surface area contributed by atoms with E-state index in [-0.39, 0.29) is 34.4 Å². The second kappa shape index (κ2) is 8.74. The highest BCUT2D eigenvalue weighted by Gasteiger charge is 2.39. The van der Waals surface area contributed by atoms with E-state index in [9.17, 15) is 13.2 Å². The van der Waals surface area contributed by atoms with Crippen molar-refractivity contribution in [3.8, 4) is 0 Å². The number of rotatable bonds is 6. The minimum atomic E-state index is -3.74. The molecule has 2 aromatic rings. The van der Waals surface area contributed by atoms with Crippen molar-refractivity contribution in [2.75, 3.05) is 19.6 Å². The molecule has 8 heteroatoms. The van der Waals surface area contributed by atoms with Crippen LogP contribution < -0.4 is 5.32 Å². The Morgan fingerprint density at radius 3 is 2.55 bits per heavy atom. The monoisotopic (exact) mass is 445 g/mol. The number of sulfonamides is 1. The van der Waals surface area contributed by atoms with Crippen LogP contribution in [0.4, 0.5) is 0 Å². The molecule has 4 rings (SSSR count). The van der Waals surface area contributed by atoms with Crippen molar-refractivity contribution >= 4 is 15.9 Å². The van der Waals surface area contributed by atoms with Crippen LogP contribution >= 0.6 is 0 Å². The third kappa shape index (κ3) is 4.28. The lowest BCUT2D eigenvalue weighted by Gasteiger charge is -2.33. The summed E-state index contributed by atoms with van der Waals surface area (Å²) in [7, 11) is -3.74. The average Bonchev–Trinajstić information content (AvgIpc) is 3.40. The van der Waals surface area contributed by atoms with Crippen molar-refractivity contribution in [1.82, 2.24) is 14.8 Å². The van der Waals surface area contributed by atoms with E-state index in [1.807, 2.05) is 6.07 Å². The number of carbonyl (C=O) groups is 1. The van der Waals surface area contributed by atoms with Crippen LogP contribution in [0.5, 0.6) is 0 Å². The van der Waals surface area contributed by atoms with Crippen LogP contribution in [0, 0.1) is 19.8 Å². The number of amides is 1. The van der Waals surface area contributed by atoms with Gasteiger partial charge in [0.1, 0.15) is 10.6 Å². The summed E-state index contributed by atoms with van der Waals surface area (Å²) in [6, 6.07) is 10.4. The van der Waals surface area contributed by atoms with Gasteiger partial charge in [-0.1, -0.05) is 48.3 Å². The lowest BCUT2D eigenvalue weighted by atomic mass is 9.78. The van der Waals surface area contributed by atoms with E-state index in [2.05, 4.69) is 34.7 Å². The largest absolute Gasteiger partial charge is 0.360 e. The van der Waals surface area contributed by atoms with Gasteiger partial charge in [0.15, 0.2) is 5.76 Å². The van der Waals surface area contributed by atoms with Gasteiger partial charge in [0.2, 0.25) is 15.9 Å². The minimum absolute atomic E-state index is 0.0198. The van der Waals surface area contributed by atoms with Crippen LogP contribution in [-0.4, -0.2) is 43.4 Å². The molecule has 7 nitrogen and oxygen atoms in total. The van der Waals surface area contributed by atoms with Gasteiger partial charge in [0.25, 0.3) is 0 Å². The third-order valence-electron chi connectivity index (χ3n) is 6.87. The van der Waals surface area contributed by atoms with Gasteiger partial charge in [-0.3, -0.25) is 4.79 Å². The Morgan fingerprint density at radius 1 is 1.19 bits per heavy atom. The first-order valence-corrected chi connectivity index (χ1v) is 12.5. The van der Waals surface area contributed by atoms with Gasteiger partial charge in [-0.15, -0.1) is 0 Å². The molecule has 168 valence electrons. The first kappa shape index (κ1) is 22.0. The molecule has 1 amide bonds. The molecule has 2 aliphatic rings. The van der Waals surface area contributed by atoms with Crippen LogP contribution in [0.2, 0.25) is 0 Å². The fourth-order valence-electron chi connectivity index (χ4n) is 5.16. The molecule has 0 radical (unpaired) electrons. The lowest BCUT2D eigenvalue weighted by Crippen LogP contribution is -2.48. The summed E-state index contributed by atoms with van der Waals surface area (Å²) in [6.07, 6.45) is 5.81. The Bertz CT molecular complexity index is 1010. The first-order valence-electron chi connectivity index (χ1n) is 11.1. The smallest absolute Gasteiger partial charge is 0.248 e. The number of nitrogens with zero attached hydrogens (tertiary/aromatic N) is 2. The zero-order chi connectivity index (χ0) is 22.1. The SMILES string of the molecule is Cc1noc(C)c1S(=O)(=O)N1CCCC(C(=O)NCC2(c3ccccc3)CCCC2)C1. The van der Waals surface area contributed by atoms with Crippen LogP contribution in [0.3, 0.4) is 0 Å². The van der Waals surface area contributed by atoms with E-state index < -0.39 is 10.0 Å². The fourth-order valence-corrected chi connectivity index (χ4v) is 6.97. The molecule has 1 aromatic heterocycles. The molecule has 2 fully saturated rings. The van der Waals surface area contributed by atoms with Crippen LogP contribution in [-0.2, 0) is 20.2 Å². The van der Waals surface area contributed by atoms with E-state index >= 15 is 0 Å². The van der Waals surface area contributed by atoms with Crippen LogP contribution in [0.1, 0.15) is 55.5 Å². The maximum atomic E-state index is 13.2. The first-order chi connectivity index (χ1) is 14.8. The second-order valence-corrected chi connectivity index (χ2v) is 10.8. The van der Waals surface area contributed by atoms with Gasteiger partial charge in [0, 0.05) is 25.0 Å². The Hall–Kier alpha value is -2.19. The number of hydrogen-bond acceptors (Lipinski definition) is 5. The van der Waals surface area contributed by atoms with E-state index in [0.29, 0.717) is 31.6 Å². The molecule has 1 aromatic carbocycles. The maximum absolute atomic E-state index is 13.2. The van der Waals surface area contributed by atoms with Crippen molar-refractivity contribution in [1.29, 1.82) is 0 Å². The standard InChI is InChI=1S/C23H31N3O4S/c1-17-21(18(2)30-25-17)31(28,29)26-14-8-9-19(15-26)22(27)24-16-23(12-6-7-13-23)20-10-4-3-5-11-20/h3-5,10-11,19H,6-9,12-16H2,1-2H3,(H,24,27). The molecule has 1 aliphatic carbocycles. The van der Waals surface area contributed by atoms with Crippen LogP contribution in [0.25, 0.3) is 0 Å². The summed E-state index contributed by atoms with van der Waals surface area (Å²) in [5, 5.41) is 6.95. The van der Waals surface area contributed by atoms with E-state index in [1.165, 1.54) is 9.87 Å². The minimum Gasteiger partial charge on any atom is -0.360 e. The quantitative estimate of drug-likeness (QED) is 0.736. The third-order valence-corrected chi connectivity index (χ3v) is 8.98. The number of benzene rings is 1. The van der Waals surface area contributed by atoms with Crippen molar-refractivity contribution < 1.29 is 17.7 Å². The molecule has 0 spiro atoms. The summed E-state index contributed by atoms with van der Waals surface area (Å²) in [6.45, 7) is 4.43. The fraction of sp³-hybridized carbons (Fsp3) is 0.565. The molecule has 1 atom stereocenters. The molecule has 1 saturated carbocycles. The van der Waals surface area contributed by atoms with Gasteiger partial charge in [-0.05, 0) is 45.1 Å². The van der Waals surface area contributed by atoms with Crippen LogP contribution in [0.15, 0.2) is 39.8 Å². The molecule has 1 unspecified atom stereocenters. The molecule has 1 N–H and O–H groups in total. The zero-order valence-corrected chi connectivity index (χ0v) is 19.1. The number of carbonyl (C=O) groups excluding carboxylic acids is 1. The Balaban J connectivity index is 1.45. The Kier molecular flexibility index (Phi) is 6.21. The molecular formula is C23H31N3O4S. The summed E-state index contributed by atoms with van der Waals surface area (Å²) in [4.78, 5) is 13.2. The Labute approximate surface area is 184 Å². The van der Waals surface area contributed by atoms with Gasteiger partial charge in [-0.25, -0.2) is 8.42 Å². The number of hydrogen-bond donors (Lipinski definition) is 1. The molecule has 31 heavy (non-hydrogen) atoms. The Morgan fingerprint density at radius 2 is 1.90 bits per heavy atom. The van der Waals surface area contributed by atoms with Gasteiger partial charge in [-0.2, -0.15) is 4.31 Å². The number of nitrogens with one attached hydrogen (secondary N) is 1. The molecule has 2 heterocycles. The predicted octanol–water partition coefficient (Wildman–Crippen LogP) is 3.32. The number of aryl methyl sites for hydroxylation is 2. The second-order valence-electron chi connectivity index (χ2n) is 8.93. The lowest BCUT2D eigenvalue weighted by molar-refractivity contribution is -0.126. The summed E-state index contributed by atoms with van der Waals surface area (Å²) >= 11 is 0. The van der Waals surface area contributed by atoms with Gasteiger partial charge in [0.05, 0.1) is 5.92 Å². The van der Waals surface area contributed by atoms with Crippen molar-refractivity contribution in [3.63, 3.8) is 0 Å². The summed E-state index contributed by atoms with van der Waals surface area (Å²) in [5.74, 6) is -0.116. The molecule has 1 aliphatic heterocycles.